The van der Waals surface area contributed by atoms with E-state index in [2.05, 4.69) is 0 Å². The van der Waals surface area contributed by atoms with Gasteiger partial charge in [0.2, 0.25) is 5.91 Å². The van der Waals surface area contributed by atoms with E-state index in [0.717, 1.165) is 0 Å². The number of rotatable bonds is 5. The van der Waals surface area contributed by atoms with Gasteiger partial charge >= 0.3 is 0 Å². The maximum Gasteiger partial charge on any atom is 0.273 e. The molecule has 1 aliphatic heterocycles. The first kappa shape index (κ1) is 18.5. The van der Waals surface area contributed by atoms with Crippen molar-refractivity contribution in [2.45, 2.75) is 19.8 Å². The number of hydrogen-bond acceptors (Lipinski definition) is 4. The zero-order chi connectivity index (χ0) is 19.6. The highest BCUT2D eigenvalue weighted by Crippen LogP contribution is 2.26. The van der Waals surface area contributed by atoms with Crippen LogP contribution >= 0.6 is 0 Å². The highest BCUT2D eigenvalue weighted by Gasteiger charge is 2.28. The Morgan fingerprint density at radius 1 is 1.26 bits per heavy atom. The predicted molar refractivity (Wildman–Crippen MR) is 96.9 cm³/mol. The number of benzene rings is 2. The van der Waals surface area contributed by atoms with Crippen molar-refractivity contribution in [1.29, 1.82) is 0 Å². The minimum atomic E-state index is -0.543. The number of likely N-dealkylation sites (tertiary alicyclic amines) is 1. The van der Waals surface area contributed by atoms with Crippen LogP contribution in [0.1, 0.15) is 28.8 Å². The van der Waals surface area contributed by atoms with Crippen molar-refractivity contribution in [2.24, 2.45) is 0 Å². The van der Waals surface area contributed by atoms with Crippen LogP contribution in [0.3, 0.4) is 0 Å². The van der Waals surface area contributed by atoms with Crippen LogP contribution in [0.4, 0.5) is 15.8 Å². The summed E-state index contributed by atoms with van der Waals surface area (Å²) < 4.78 is 13.3. The monoisotopic (exact) mass is 371 g/mol. The summed E-state index contributed by atoms with van der Waals surface area (Å²) in [5.41, 5.74) is 0.664. The third kappa shape index (κ3) is 3.79. The van der Waals surface area contributed by atoms with E-state index in [4.69, 9.17) is 0 Å². The van der Waals surface area contributed by atoms with Gasteiger partial charge in [0, 0.05) is 35.8 Å². The second kappa shape index (κ2) is 7.53. The topological polar surface area (TPSA) is 83.8 Å². The molecule has 3 rings (SSSR count). The van der Waals surface area contributed by atoms with Gasteiger partial charge in [-0.2, -0.15) is 0 Å². The van der Waals surface area contributed by atoms with Gasteiger partial charge in [-0.3, -0.25) is 24.6 Å². The minimum absolute atomic E-state index is 0.00539. The Bertz CT molecular complexity index is 898. The molecule has 0 bridgehead atoms. The summed E-state index contributed by atoms with van der Waals surface area (Å²) in [6.07, 6.45) is 1.13. The maximum absolute atomic E-state index is 13.3. The van der Waals surface area contributed by atoms with Crippen LogP contribution in [-0.4, -0.2) is 34.9 Å². The molecule has 140 valence electrons. The van der Waals surface area contributed by atoms with Crippen LogP contribution in [-0.2, 0) is 4.79 Å². The van der Waals surface area contributed by atoms with Crippen LogP contribution in [0.15, 0.2) is 42.5 Å². The number of nitrogens with zero attached hydrogens (tertiary/aromatic N) is 3. The zero-order valence-corrected chi connectivity index (χ0v) is 14.7. The van der Waals surface area contributed by atoms with E-state index in [1.165, 1.54) is 54.3 Å². The average Bonchev–Trinajstić information content (AvgIpc) is 3.05. The van der Waals surface area contributed by atoms with Gasteiger partial charge in [0.15, 0.2) is 0 Å². The van der Waals surface area contributed by atoms with E-state index in [-0.39, 0.29) is 29.4 Å². The predicted octanol–water partition coefficient (Wildman–Crippen LogP) is 3.27. The molecular formula is C19H18FN3O4. The Hall–Kier alpha value is -3.29. The zero-order valence-electron chi connectivity index (χ0n) is 14.7. The molecule has 0 saturated carbocycles. The molecule has 1 fully saturated rings. The third-order valence-electron chi connectivity index (χ3n) is 4.60. The lowest BCUT2D eigenvalue weighted by molar-refractivity contribution is -0.385. The summed E-state index contributed by atoms with van der Waals surface area (Å²) in [5.74, 6) is -0.997. The fourth-order valence-corrected chi connectivity index (χ4v) is 3.11. The Kier molecular flexibility index (Phi) is 5.16. The molecule has 0 atom stereocenters. The van der Waals surface area contributed by atoms with E-state index < -0.39 is 16.6 Å². The molecule has 0 aromatic heterocycles. The van der Waals surface area contributed by atoms with E-state index in [9.17, 15) is 24.1 Å². The van der Waals surface area contributed by atoms with Gasteiger partial charge in [-0.1, -0.05) is 6.07 Å². The summed E-state index contributed by atoms with van der Waals surface area (Å²) in [5, 5.41) is 11.2. The average molecular weight is 371 g/mol. The summed E-state index contributed by atoms with van der Waals surface area (Å²) in [7, 11) is 0. The molecule has 0 radical (unpaired) electrons. The molecule has 1 heterocycles. The molecule has 0 spiro atoms. The quantitative estimate of drug-likeness (QED) is 0.596. The second-order valence-corrected chi connectivity index (χ2v) is 6.32. The maximum atomic E-state index is 13.3. The number of nitro groups is 1. The van der Waals surface area contributed by atoms with Crippen LogP contribution in [0.5, 0.6) is 0 Å². The molecule has 0 unspecified atom stereocenters. The van der Waals surface area contributed by atoms with Gasteiger partial charge in [0.1, 0.15) is 12.5 Å². The Balaban J connectivity index is 2.00. The first-order chi connectivity index (χ1) is 12.9. The lowest BCUT2D eigenvalue weighted by atomic mass is 10.1. The molecule has 7 nitrogen and oxygen atoms in total. The summed E-state index contributed by atoms with van der Waals surface area (Å²) >= 11 is 0. The number of anilines is 1. The standard InChI is InChI=1S/C19H18FN3O4/c1-13-16(4-2-5-17(13)23(26)27)19(25)22(12-21-11-3-6-18(21)24)15-9-7-14(20)8-10-15/h2,4-5,7-10H,3,6,11-12H2,1H3. The molecular weight excluding hydrogens is 353 g/mol. The minimum Gasteiger partial charge on any atom is -0.324 e. The SMILES string of the molecule is Cc1c(C(=O)N(CN2CCCC2=O)c2ccc(F)cc2)cccc1[N+](=O)[O-]. The second-order valence-electron chi connectivity index (χ2n) is 6.32. The van der Waals surface area contributed by atoms with E-state index in [1.54, 1.807) is 4.90 Å². The van der Waals surface area contributed by atoms with Crippen molar-refractivity contribution in [2.75, 3.05) is 18.1 Å². The number of halogens is 1. The fourth-order valence-electron chi connectivity index (χ4n) is 3.11. The normalized spacial score (nSPS) is 13.7. The smallest absolute Gasteiger partial charge is 0.273 e. The van der Waals surface area contributed by atoms with Gasteiger partial charge in [0.25, 0.3) is 11.6 Å². The summed E-state index contributed by atoms with van der Waals surface area (Å²) in [6.45, 7) is 2.04. The van der Waals surface area contributed by atoms with Crippen molar-refractivity contribution in [3.05, 3.63) is 69.5 Å². The third-order valence-corrected chi connectivity index (χ3v) is 4.60. The molecule has 2 aromatic carbocycles. The fraction of sp³-hybridized carbons (Fsp3) is 0.263. The Morgan fingerprint density at radius 2 is 1.96 bits per heavy atom. The molecule has 2 aromatic rings. The number of carbonyl (C=O) groups excluding carboxylic acids is 2. The van der Waals surface area contributed by atoms with Gasteiger partial charge < -0.3 is 4.90 Å². The van der Waals surface area contributed by atoms with Gasteiger partial charge in [-0.25, -0.2) is 4.39 Å². The Labute approximate surface area is 155 Å². The van der Waals surface area contributed by atoms with Crippen LogP contribution in [0.2, 0.25) is 0 Å². The van der Waals surface area contributed by atoms with Crippen molar-refractivity contribution < 1.29 is 18.9 Å². The molecule has 1 aliphatic rings. The Morgan fingerprint density at radius 3 is 2.56 bits per heavy atom. The summed E-state index contributed by atoms with van der Waals surface area (Å²) in [4.78, 5) is 38.7. The number of nitro benzene ring substituents is 1. The molecule has 1 saturated heterocycles. The largest absolute Gasteiger partial charge is 0.324 e. The first-order valence-corrected chi connectivity index (χ1v) is 8.47. The molecule has 0 N–H and O–H groups in total. The van der Waals surface area contributed by atoms with Crippen LogP contribution in [0.25, 0.3) is 0 Å². The molecule has 0 aliphatic carbocycles. The number of carbonyl (C=O) groups is 2. The van der Waals surface area contributed by atoms with Crippen molar-refractivity contribution in [3.63, 3.8) is 0 Å². The summed E-state index contributed by atoms with van der Waals surface area (Å²) in [6, 6.07) is 9.62. The van der Waals surface area contributed by atoms with Crippen molar-refractivity contribution in [3.8, 4) is 0 Å². The van der Waals surface area contributed by atoms with E-state index in [0.29, 0.717) is 25.1 Å². The number of hydrogen-bond donors (Lipinski definition) is 0. The lowest BCUT2D eigenvalue weighted by Gasteiger charge is -2.28. The van der Waals surface area contributed by atoms with Gasteiger partial charge in [-0.05, 0) is 43.7 Å². The highest BCUT2D eigenvalue weighted by molar-refractivity contribution is 6.07. The van der Waals surface area contributed by atoms with Crippen LogP contribution in [0, 0.1) is 22.9 Å². The van der Waals surface area contributed by atoms with E-state index in [1.807, 2.05) is 0 Å². The molecule has 8 heteroatoms. The first-order valence-electron chi connectivity index (χ1n) is 8.47. The van der Waals surface area contributed by atoms with E-state index >= 15 is 0 Å². The van der Waals surface area contributed by atoms with Gasteiger partial charge in [0.05, 0.1) is 4.92 Å². The lowest BCUT2D eigenvalue weighted by Crippen LogP contribution is -2.42. The molecule has 2 amide bonds. The number of amides is 2. The molecule has 27 heavy (non-hydrogen) atoms. The van der Waals surface area contributed by atoms with Crippen LogP contribution < -0.4 is 4.90 Å². The van der Waals surface area contributed by atoms with Crippen molar-refractivity contribution in [1.82, 2.24) is 4.90 Å². The van der Waals surface area contributed by atoms with Crippen molar-refractivity contribution >= 4 is 23.2 Å². The highest BCUT2D eigenvalue weighted by atomic mass is 19.1. The van der Waals surface area contributed by atoms with Gasteiger partial charge in [-0.15, -0.1) is 0 Å².